The molecule has 2 aromatic rings. The largest absolute Gasteiger partial charge is 0.465 e. The fraction of sp³-hybridized carbons (Fsp3) is 0.125. The third-order valence-electron chi connectivity index (χ3n) is 2.76. The lowest BCUT2D eigenvalue weighted by Crippen LogP contribution is -2.06. The van der Waals surface area contributed by atoms with Crippen molar-refractivity contribution >= 4 is 29.6 Å². The van der Waals surface area contributed by atoms with Gasteiger partial charge in [0.2, 0.25) is 0 Å². The molecule has 2 rings (SSSR count). The zero-order valence-electron chi connectivity index (χ0n) is 11.7. The fourth-order valence-corrected chi connectivity index (χ4v) is 1.90. The molecule has 0 saturated carbocycles. The first-order valence-electron chi connectivity index (χ1n) is 6.35. The summed E-state index contributed by atoms with van der Waals surface area (Å²) in [6.07, 6.45) is 4.18. The molecule has 0 N–H and O–H groups in total. The second kappa shape index (κ2) is 7.47. The van der Waals surface area contributed by atoms with Gasteiger partial charge in [-0.3, -0.25) is 0 Å². The lowest BCUT2D eigenvalue weighted by atomic mass is 10.2. The van der Waals surface area contributed by atoms with Gasteiger partial charge < -0.3 is 13.9 Å². The number of ether oxygens (including phenoxy) is 2. The van der Waals surface area contributed by atoms with Crippen molar-refractivity contribution in [2.45, 2.75) is 6.61 Å². The van der Waals surface area contributed by atoms with Gasteiger partial charge in [0, 0.05) is 11.1 Å². The van der Waals surface area contributed by atoms with E-state index in [0.29, 0.717) is 5.02 Å². The van der Waals surface area contributed by atoms with E-state index in [0.717, 1.165) is 5.56 Å². The molecular formula is C16H13ClO5. The van der Waals surface area contributed by atoms with E-state index in [9.17, 15) is 9.59 Å². The molecule has 0 aliphatic rings. The molecule has 22 heavy (non-hydrogen) atoms. The number of carbonyl (C=O) groups excluding carboxylic acids is 2. The molecule has 0 bridgehead atoms. The van der Waals surface area contributed by atoms with Gasteiger partial charge >= 0.3 is 11.9 Å². The topological polar surface area (TPSA) is 65.7 Å². The van der Waals surface area contributed by atoms with Crippen molar-refractivity contribution < 1.29 is 23.5 Å². The summed E-state index contributed by atoms with van der Waals surface area (Å²) in [7, 11) is 1.26. The van der Waals surface area contributed by atoms with Crippen LogP contribution in [0.2, 0.25) is 5.02 Å². The normalized spacial score (nSPS) is 10.6. The first-order chi connectivity index (χ1) is 10.6. The van der Waals surface area contributed by atoms with Gasteiger partial charge in [-0.2, -0.15) is 0 Å². The van der Waals surface area contributed by atoms with Crippen molar-refractivity contribution in [2.24, 2.45) is 0 Å². The molecule has 0 amide bonds. The number of benzene rings is 1. The van der Waals surface area contributed by atoms with E-state index in [1.165, 1.54) is 25.5 Å². The highest BCUT2D eigenvalue weighted by Crippen LogP contribution is 2.14. The molecule has 0 unspecified atom stereocenters. The molecule has 1 heterocycles. The van der Waals surface area contributed by atoms with Crippen LogP contribution in [0, 0.1) is 0 Å². The van der Waals surface area contributed by atoms with Crippen LogP contribution in [0.15, 0.2) is 47.1 Å². The van der Waals surface area contributed by atoms with Gasteiger partial charge in [0.1, 0.15) is 5.56 Å². The van der Waals surface area contributed by atoms with E-state index in [2.05, 4.69) is 4.74 Å². The quantitative estimate of drug-likeness (QED) is 0.623. The SMILES string of the molecule is COC(=O)c1ccoc1COC(=O)/C=C/c1cccc(Cl)c1. The average molecular weight is 321 g/mol. The summed E-state index contributed by atoms with van der Waals surface area (Å²) in [5.74, 6) is -0.877. The number of carbonyl (C=O) groups is 2. The molecular weight excluding hydrogens is 308 g/mol. The Morgan fingerprint density at radius 1 is 1.32 bits per heavy atom. The van der Waals surface area contributed by atoms with Crippen molar-refractivity contribution in [1.29, 1.82) is 0 Å². The number of rotatable bonds is 5. The molecule has 1 aromatic heterocycles. The maximum Gasteiger partial charge on any atom is 0.341 e. The smallest absolute Gasteiger partial charge is 0.341 e. The minimum atomic E-state index is -0.563. The molecule has 1 aromatic carbocycles. The minimum absolute atomic E-state index is 0.157. The van der Waals surface area contributed by atoms with Gasteiger partial charge in [0.25, 0.3) is 0 Å². The molecule has 0 aliphatic carbocycles. The van der Waals surface area contributed by atoms with Crippen LogP contribution in [0.5, 0.6) is 0 Å². The van der Waals surface area contributed by atoms with E-state index >= 15 is 0 Å². The Kier molecular flexibility index (Phi) is 5.38. The first kappa shape index (κ1) is 15.9. The maximum absolute atomic E-state index is 11.6. The van der Waals surface area contributed by atoms with Crippen molar-refractivity contribution in [3.05, 3.63) is 64.6 Å². The molecule has 114 valence electrons. The average Bonchev–Trinajstić information content (AvgIpc) is 2.98. The zero-order valence-corrected chi connectivity index (χ0v) is 12.5. The van der Waals surface area contributed by atoms with E-state index in [1.54, 1.807) is 30.3 Å². The van der Waals surface area contributed by atoms with Crippen LogP contribution in [0.1, 0.15) is 21.7 Å². The summed E-state index contributed by atoms with van der Waals surface area (Å²) in [4.78, 5) is 23.1. The highest BCUT2D eigenvalue weighted by atomic mass is 35.5. The Morgan fingerprint density at radius 2 is 2.14 bits per heavy atom. The second-order valence-electron chi connectivity index (χ2n) is 4.25. The highest BCUT2D eigenvalue weighted by Gasteiger charge is 2.15. The number of furan rings is 1. The summed E-state index contributed by atoms with van der Waals surface area (Å²) in [6.45, 7) is -0.157. The van der Waals surface area contributed by atoms with Crippen LogP contribution in [-0.4, -0.2) is 19.0 Å². The summed E-state index contributed by atoms with van der Waals surface area (Å²) < 4.78 is 14.7. The van der Waals surface area contributed by atoms with Gasteiger partial charge in [-0.25, -0.2) is 9.59 Å². The predicted molar refractivity (Wildman–Crippen MR) is 80.3 cm³/mol. The van der Waals surface area contributed by atoms with Crippen LogP contribution < -0.4 is 0 Å². The monoisotopic (exact) mass is 320 g/mol. The van der Waals surface area contributed by atoms with E-state index in [4.69, 9.17) is 20.8 Å². The highest BCUT2D eigenvalue weighted by molar-refractivity contribution is 6.30. The Balaban J connectivity index is 1.93. The molecule has 0 spiro atoms. The molecule has 0 saturated heterocycles. The zero-order chi connectivity index (χ0) is 15.9. The lowest BCUT2D eigenvalue weighted by molar-refractivity contribution is -0.139. The molecule has 6 heteroatoms. The Labute approximate surface area is 132 Å². The fourth-order valence-electron chi connectivity index (χ4n) is 1.70. The second-order valence-corrected chi connectivity index (χ2v) is 4.68. The summed E-state index contributed by atoms with van der Waals surface area (Å²) in [5.41, 5.74) is 1.01. The van der Waals surface area contributed by atoms with Crippen molar-refractivity contribution in [1.82, 2.24) is 0 Å². The van der Waals surface area contributed by atoms with Crippen LogP contribution in [0.3, 0.4) is 0 Å². The van der Waals surface area contributed by atoms with Crippen molar-refractivity contribution in [3.63, 3.8) is 0 Å². The predicted octanol–water partition coefficient (Wildman–Crippen LogP) is 3.48. The van der Waals surface area contributed by atoms with Gasteiger partial charge in [-0.15, -0.1) is 0 Å². The van der Waals surface area contributed by atoms with E-state index in [-0.39, 0.29) is 17.9 Å². The van der Waals surface area contributed by atoms with Crippen LogP contribution in [0.4, 0.5) is 0 Å². The third kappa shape index (κ3) is 4.23. The lowest BCUT2D eigenvalue weighted by Gasteiger charge is -2.02. The van der Waals surface area contributed by atoms with Crippen LogP contribution >= 0.6 is 11.6 Å². The standard InChI is InChI=1S/C16H13ClO5/c1-20-16(19)13-7-8-21-14(13)10-22-15(18)6-5-11-3-2-4-12(17)9-11/h2-9H,10H2,1H3/b6-5+. The first-order valence-corrected chi connectivity index (χ1v) is 6.73. The van der Waals surface area contributed by atoms with E-state index in [1.807, 2.05) is 0 Å². The maximum atomic E-state index is 11.6. The molecule has 0 aliphatic heterocycles. The Hall–Kier alpha value is -2.53. The summed E-state index contributed by atoms with van der Waals surface area (Å²) >= 11 is 5.84. The van der Waals surface area contributed by atoms with Gasteiger partial charge in [-0.05, 0) is 29.8 Å². The van der Waals surface area contributed by atoms with E-state index < -0.39 is 11.9 Å². The number of halogens is 1. The Morgan fingerprint density at radius 3 is 2.86 bits per heavy atom. The van der Waals surface area contributed by atoms with Gasteiger partial charge in [0.15, 0.2) is 12.4 Å². The van der Waals surface area contributed by atoms with Crippen molar-refractivity contribution in [3.8, 4) is 0 Å². The van der Waals surface area contributed by atoms with Gasteiger partial charge in [-0.1, -0.05) is 23.7 Å². The minimum Gasteiger partial charge on any atom is -0.465 e. The van der Waals surface area contributed by atoms with Crippen LogP contribution in [0.25, 0.3) is 6.08 Å². The van der Waals surface area contributed by atoms with Gasteiger partial charge in [0.05, 0.1) is 13.4 Å². The Bertz CT molecular complexity index is 702. The summed E-state index contributed by atoms with van der Waals surface area (Å²) in [5, 5.41) is 0.578. The van der Waals surface area contributed by atoms with Crippen molar-refractivity contribution in [2.75, 3.05) is 7.11 Å². The molecule has 5 nitrogen and oxygen atoms in total. The number of hydrogen-bond acceptors (Lipinski definition) is 5. The number of hydrogen-bond donors (Lipinski definition) is 0. The van der Waals surface area contributed by atoms with Crippen LogP contribution in [-0.2, 0) is 20.9 Å². The third-order valence-corrected chi connectivity index (χ3v) is 2.99. The molecule has 0 fully saturated rings. The summed E-state index contributed by atoms with van der Waals surface area (Å²) in [6, 6.07) is 8.49. The molecule has 0 radical (unpaired) electrons. The number of esters is 2. The number of methoxy groups -OCH3 is 1. The molecule has 0 atom stereocenters.